The Bertz CT molecular complexity index is 1300. The average molecular weight is 557 g/mol. The number of imidazole rings is 1. The van der Waals surface area contributed by atoms with Crippen LogP contribution in [0.5, 0.6) is 0 Å². The number of rotatable bonds is 2. The first-order chi connectivity index (χ1) is 15.5. The molecule has 1 saturated heterocycles. The van der Waals surface area contributed by atoms with Crippen molar-refractivity contribution >= 4 is 67.2 Å². The Morgan fingerprint density at radius 3 is 2.79 bits per heavy atom. The molecule has 1 fully saturated rings. The van der Waals surface area contributed by atoms with Crippen LogP contribution in [-0.2, 0) is 4.74 Å². The summed E-state index contributed by atoms with van der Waals surface area (Å²) in [5, 5.41) is 0.797. The van der Waals surface area contributed by atoms with Gasteiger partial charge in [-0.3, -0.25) is 4.90 Å². The van der Waals surface area contributed by atoms with E-state index in [9.17, 15) is 9.18 Å². The molecule has 2 aromatic heterocycles. The summed E-state index contributed by atoms with van der Waals surface area (Å²) in [5.41, 5.74) is 0.528. The standard InChI is InChI=1S/C22H21BrCl2FN5O2/c1-22(2,3)33-21(32)30-6-5-11(7-12(30)9-27-4)31-10-28-18-19(31)13-8-14(24)15(23)16(26)17(13)29-20(18)25/h8,10-12H,5-7,9H2,1-3H3/t11-,12-/m0/s1. The van der Waals surface area contributed by atoms with Crippen molar-refractivity contribution in [2.45, 2.75) is 51.3 Å². The molecule has 0 radical (unpaired) electrons. The first kappa shape index (κ1) is 24.0. The molecule has 7 nitrogen and oxygen atoms in total. The molecule has 0 N–H and O–H groups in total. The Balaban J connectivity index is 1.76. The number of carbonyl (C=O) groups is 1. The second-order valence-electron chi connectivity index (χ2n) is 8.98. The average Bonchev–Trinajstić information content (AvgIpc) is 3.18. The van der Waals surface area contributed by atoms with Crippen molar-refractivity contribution < 1.29 is 13.9 Å². The summed E-state index contributed by atoms with van der Waals surface area (Å²) in [6, 6.07) is 1.22. The quantitative estimate of drug-likeness (QED) is 0.201. The lowest BCUT2D eigenvalue weighted by Gasteiger charge is -2.38. The van der Waals surface area contributed by atoms with E-state index < -0.39 is 17.5 Å². The molecule has 2 atom stereocenters. The summed E-state index contributed by atoms with van der Waals surface area (Å²) >= 11 is 15.7. The van der Waals surface area contributed by atoms with Gasteiger partial charge in [-0.15, -0.1) is 0 Å². The molecule has 33 heavy (non-hydrogen) atoms. The number of hydrogen-bond donors (Lipinski definition) is 0. The molecule has 1 amide bonds. The van der Waals surface area contributed by atoms with Crippen LogP contribution in [0.2, 0.25) is 10.2 Å². The Morgan fingerprint density at radius 1 is 1.39 bits per heavy atom. The van der Waals surface area contributed by atoms with Gasteiger partial charge >= 0.3 is 6.09 Å². The number of aromatic nitrogens is 3. The van der Waals surface area contributed by atoms with Crippen molar-refractivity contribution in [3.63, 3.8) is 0 Å². The van der Waals surface area contributed by atoms with Crippen molar-refractivity contribution in [3.8, 4) is 0 Å². The maximum absolute atomic E-state index is 14.9. The zero-order valence-corrected chi connectivity index (χ0v) is 21.3. The van der Waals surface area contributed by atoms with Gasteiger partial charge in [0.05, 0.1) is 21.3 Å². The largest absolute Gasteiger partial charge is 0.444 e. The van der Waals surface area contributed by atoms with E-state index >= 15 is 0 Å². The number of pyridine rings is 1. The minimum atomic E-state index is -0.628. The molecule has 0 spiro atoms. The van der Waals surface area contributed by atoms with E-state index in [0.717, 1.165) is 0 Å². The van der Waals surface area contributed by atoms with Crippen molar-refractivity contribution in [2.24, 2.45) is 0 Å². The summed E-state index contributed by atoms with van der Waals surface area (Å²) in [4.78, 5) is 26.5. The van der Waals surface area contributed by atoms with Crippen LogP contribution in [0.15, 0.2) is 16.9 Å². The van der Waals surface area contributed by atoms with Crippen LogP contribution >= 0.6 is 39.1 Å². The topological polar surface area (TPSA) is 64.6 Å². The molecule has 3 heterocycles. The van der Waals surface area contributed by atoms with Gasteiger partial charge in [0, 0.05) is 18.0 Å². The molecule has 0 aliphatic carbocycles. The second-order valence-corrected chi connectivity index (χ2v) is 10.5. The van der Waals surface area contributed by atoms with Crippen molar-refractivity contribution in [3.05, 3.63) is 44.3 Å². The highest BCUT2D eigenvalue weighted by atomic mass is 79.9. The molecule has 4 rings (SSSR count). The van der Waals surface area contributed by atoms with Crippen LogP contribution in [0.3, 0.4) is 0 Å². The third kappa shape index (κ3) is 4.48. The van der Waals surface area contributed by atoms with E-state index in [1.807, 2.05) is 25.3 Å². The molecule has 1 aromatic carbocycles. The third-order valence-electron chi connectivity index (χ3n) is 5.60. The van der Waals surface area contributed by atoms with Crippen LogP contribution in [0, 0.1) is 12.4 Å². The molecule has 11 heteroatoms. The molecule has 1 aliphatic heterocycles. The number of benzene rings is 1. The fraction of sp³-hybridized carbons (Fsp3) is 0.455. The fourth-order valence-corrected chi connectivity index (χ4v) is 4.92. The molecule has 0 unspecified atom stereocenters. The van der Waals surface area contributed by atoms with E-state index in [0.29, 0.717) is 35.8 Å². The van der Waals surface area contributed by atoms with Gasteiger partial charge in [-0.05, 0) is 55.6 Å². The summed E-state index contributed by atoms with van der Waals surface area (Å²) in [7, 11) is 0. The van der Waals surface area contributed by atoms with E-state index in [2.05, 4.69) is 30.7 Å². The predicted molar refractivity (Wildman–Crippen MR) is 129 cm³/mol. The fourth-order valence-electron chi connectivity index (χ4n) is 4.20. The zero-order valence-electron chi connectivity index (χ0n) is 18.2. The van der Waals surface area contributed by atoms with Crippen LogP contribution in [0.1, 0.15) is 39.7 Å². The Labute approximate surface area is 208 Å². The molecular formula is C22H21BrCl2FN5O2. The van der Waals surface area contributed by atoms with E-state index in [1.54, 1.807) is 17.3 Å². The molecular weight excluding hydrogens is 536 g/mol. The van der Waals surface area contributed by atoms with E-state index in [1.165, 1.54) is 0 Å². The monoisotopic (exact) mass is 555 g/mol. The minimum absolute atomic E-state index is 0.0902. The highest BCUT2D eigenvalue weighted by molar-refractivity contribution is 9.10. The first-order valence-electron chi connectivity index (χ1n) is 10.3. The van der Waals surface area contributed by atoms with Gasteiger partial charge in [-0.25, -0.2) is 25.7 Å². The van der Waals surface area contributed by atoms with Gasteiger partial charge in [0.2, 0.25) is 6.54 Å². The summed E-state index contributed by atoms with van der Waals surface area (Å²) in [6.45, 7) is 13.4. The lowest BCUT2D eigenvalue weighted by molar-refractivity contribution is 0.00765. The van der Waals surface area contributed by atoms with Gasteiger partial charge in [0.25, 0.3) is 0 Å². The van der Waals surface area contributed by atoms with Crippen LogP contribution in [0.25, 0.3) is 26.8 Å². The summed E-state index contributed by atoms with van der Waals surface area (Å²) < 4.78 is 22.5. The highest BCUT2D eigenvalue weighted by Crippen LogP contribution is 2.39. The number of ether oxygens (including phenoxy) is 1. The lowest BCUT2D eigenvalue weighted by atomic mass is 9.97. The molecule has 1 aliphatic rings. The molecule has 3 aromatic rings. The number of hydrogen-bond acceptors (Lipinski definition) is 4. The Kier molecular flexibility index (Phi) is 6.47. The summed E-state index contributed by atoms with van der Waals surface area (Å²) in [6.07, 6.45) is 2.34. The normalized spacial score (nSPS) is 19.2. The van der Waals surface area contributed by atoms with Crippen molar-refractivity contribution in [1.29, 1.82) is 0 Å². The van der Waals surface area contributed by atoms with Crippen LogP contribution in [0.4, 0.5) is 9.18 Å². The van der Waals surface area contributed by atoms with Gasteiger partial charge in [0.15, 0.2) is 11.0 Å². The number of halogens is 4. The lowest BCUT2D eigenvalue weighted by Crippen LogP contribution is -2.49. The maximum atomic E-state index is 14.9. The Hall–Kier alpha value is -2.15. The third-order valence-corrected chi connectivity index (χ3v) is 7.17. The van der Waals surface area contributed by atoms with Gasteiger partial charge in [-0.1, -0.05) is 23.2 Å². The number of fused-ring (bicyclic) bond motifs is 3. The van der Waals surface area contributed by atoms with Gasteiger partial charge < -0.3 is 14.1 Å². The maximum Gasteiger partial charge on any atom is 0.410 e. The number of nitrogens with zero attached hydrogens (tertiary/aromatic N) is 5. The zero-order chi connectivity index (χ0) is 24.1. The Morgan fingerprint density at radius 2 is 2.12 bits per heavy atom. The van der Waals surface area contributed by atoms with Crippen LogP contribution in [-0.4, -0.2) is 50.3 Å². The van der Waals surface area contributed by atoms with E-state index in [4.69, 9.17) is 34.5 Å². The summed E-state index contributed by atoms with van der Waals surface area (Å²) in [5.74, 6) is -0.598. The predicted octanol–water partition coefficient (Wildman–Crippen LogP) is 6.65. The van der Waals surface area contributed by atoms with Crippen LogP contribution < -0.4 is 0 Å². The molecule has 174 valence electrons. The van der Waals surface area contributed by atoms with Crippen molar-refractivity contribution in [2.75, 3.05) is 13.1 Å². The molecule has 0 saturated carbocycles. The SMILES string of the molecule is [C-]#[N+]C[C@@H]1C[C@@H](n2cnc3c(Cl)nc4c(F)c(Br)c(Cl)cc4c32)CCN1C(=O)OC(C)(C)C. The minimum Gasteiger partial charge on any atom is -0.444 e. The van der Waals surface area contributed by atoms with Gasteiger partial charge in [-0.2, -0.15) is 0 Å². The van der Waals surface area contributed by atoms with Crippen molar-refractivity contribution in [1.82, 2.24) is 19.4 Å². The van der Waals surface area contributed by atoms with E-state index in [-0.39, 0.29) is 38.8 Å². The first-order valence-corrected chi connectivity index (χ1v) is 11.9. The number of piperidine rings is 1. The number of amides is 1. The number of likely N-dealkylation sites (tertiary alicyclic amines) is 1. The second kappa shape index (κ2) is 8.90. The highest BCUT2D eigenvalue weighted by Gasteiger charge is 2.37. The molecule has 0 bridgehead atoms. The smallest absolute Gasteiger partial charge is 0.410 e. The van der Waals surface area contributed by atoms with Gasteiger partial charge in [0.1, 0.15) is 22.7 Å². The number of carbonyl (C=O) groups excluding carboxylic acids is 1.